The minimum absolute atomic E-state index is 0.0751. The summed E-state index contributed by atoms with van der Waals surface area (Å²) in [5.74, 6) is 1.30. The van der Waals surface area contributed by atoms with Gasteiger partial charge in [-0.05, 0) is 70.3 Å². The van der Waals surface area contributed by atoms with E-state index < -0.39 is 5.60 Å². The quantitative estimate of drug-likeness (QED) is 0.341. The Kier molecular flexibility index (Phi) is 11.9. The number of unbranched alkanes of at least 4 members (excludes halogenated alkanes) is 1. The van der Waals surface area contributed by atoms with E-state index in [1.807, 2.05) is 11.9 Å². The first-order valence-corrected chi connectivity index (χ1v) is 14.5. The third kappa shape index (κ3) is 8.09. The fraction of sp³-hybridized carbons (Fsp3) is 0.964. The van der Waals surface area contributed by atoms with Crippen LogP contribution in [0.25, 0.3) is 0 Å². The Morgan fingerprint density at radius 3 is 2.35 bits per heavy atom. The lowest BCUT2D eigenvalue weighted by Crippen LogP contribution is -2.56. The van der Waals surface area contributed by atoms with E-state index in [9.17, 15) is 9.90 Å². The summed E-state index contributed by atoms with van der Waals surface area (Å²) in [5.41, 5.74) is -0.653. The van der Waals surface area contributed by atoms with Crippen LogP contribution in [0.2, 0.25) is 0 Å². The number of nitrogens with zero attached hydrogens (tertiary/aromatic N) is 1. The van der Waals surface area contributed by atoms with Crippen LogP contribution in [0, 0.1) is 17.8 Å². The van der Waals surface area contributed by atoms with Gasteiger partial charge in [0.15, 0.2) is 0 Å². The number of aliphatic hydroxyl groups is 1. The number of rotatable bonds is 12. The summed E-state index contributed by atoms with van der Waals surface area (Å²) in [4.78, 5) is 15.4. The number of piperidine rings is 1. The summed E-state index contributed by atoms with van der Waals surface area (Å²) in [6.07, 6.45) is 18.6. The third-order valence-electron chi connectivity index (χ3n) is 9.02. The molecular weight excluding hydrogens is 426 g/mol. The van der Waals surface area contributed by atoms with Gasteiger partial charge in [-0.2, -0.15) is 0 Å². The molecule has 3 atom stereocenters. The number of hydrogen-bond donors (Lipinski definition) is 3. The van der Waals surface area contributed by atoms with Crippen molar-refractivity contribution in [3.63, 3.8) is 0 Å². The summed E-state index contributed by atoms with van der Waals surface area (Å²) in [7, 11) is 3.73. The van der Waals surface area contributed by atoms with Crippen LogP contribution in [-0.2, 0) is 4.74 Å². The number of likely N-dealkylation sites (N-methyl/N-ethyl adjacent to an activating group) is 1. The second kappa shape index (κ2) is 14.6. The number of nitrogens with one attached hydrogen (secondary N) is 2. The molecule has 3 N–H and O–H groups in total. The highest BCUT2D eigenvalue weighted by Gasteiger charge is 2.45. The number of ether oxygens (including phenoxy) is 1. The Balaban J connectivity index is 1.60. The molecule has 6 heteroatoms. The summed E-state index contributed by atoms with van der Waals surface area (Å²) < 4.78 is 5.26. The summed E-state index contributed by atoms with van der Waals surface area (Å²) in [6, 6.07) is 0.262. The molecule has 3 aliphatic rings. The molecule has 198 valence electrons. The molecule has 0 aromatic carbocycles. The van der Waals surface area contributed by atoms with Crippen LogP contribution in [0.3, 0.4) is 0 Å². The van der Waals surface area contributed by atoms with Gasteiger partial charge in [-0.15, -0.1) is 0 Å². The third-order valence-corrected chi connectivity index (χ3v) is 9.02. The highest BCUT2D eigenvalue weighted by Crippen LogP contribution is 2.43. The van der Waals surface area contributed by atoms with Gasteiger partial charge < -0.3 is 25.4 Å². The fourth-order valence-corrected chi connectivity index (χ4v) is 7.10. The van der Waals surface area contributed by atoms with Crippen LogP contribution in [0.5, 0.6) is 0 Å². The Morgan fingerprint density at radius 1 is 1.00 bits per heavy atom. The monoisotopic (exact) mass is 479 g/mol. The van der Waals surface area contributed by atoms with Crippen molar-refractivity contribution in [2.75, 3.05) is 40.4 Å². The van der Waals surface area contributed by atoms with Gasteiger partial charge in [0.05, 0.1) is 5.60 Å². The second-order valence-corrected chi connectivity index (χ2v) is 11.5. The molecule has 2 amide bonds. The van der Waals surface area contributed by atoms with Crippen LogP contribution >= 0.6 is 0 Å². The molecule has 0 radical (unpaired) electrons. The van der Waals surface area contributed by atoms with Crippen molar-refractivity contribution in [3.8, 4) is 0 Å². The molecule has 0 spiro atoms. The molecule has 1 saturated heterocycles. The molecule has 0 aromatic rings. The van der Waals surface area contributed by atoms with Gasteiger partial charge in [-0.3, -0.25) is 0 Å². The van der Waals surface area contributed by atoms with Gasteiger partial charge in [0.25, 0.3) is 0 Å². The number of urea groups is 1. The Labute approximate surface area is 209 Å². The minimum atomic E-state index is -0.653. The molecule has 0 aromatic heterocycles. The van der Waals surface area contributed by atoms with E-state index in [1.54, 1.807) is 7.11 Å². The van der Waals surface area contributed by atoms with Gasteiger partial charge in [0, 0.05) is 45.3 Å². The molecule has 6 nitrogen and oxygen atoms in total. The molecule has 34 heavy (non-hydrogen) atoms. The summed E-state index contributed by atoms with van der Waals surface area (Å²) in [6.45, 7) is 3.08. The van der Waals surface area contributed by atoms with Crippen molar-refractivity contribution in [2.45, 2.75) is 114 Å². The molecule has 3 fully saturated rings. The normalized spacial score (nSPS) is 25.6. The van der Waals surface area contributed by atoms with Crippen molar-refractivity contribution in [2.24, 2.45) is 17.8 Å². The van der Waals surface area contributed by atoms with E-state index >= 15 is 0 Å². The molecule has 3 rings (SSSR count). The van der Waals surface area contributed by atoms with Crippen molar-refractivity contribution in [1.82, 2.24) is 15.5 Å². The predicted octanol–water partition coefficient (Wildman–Crippen LogP) is 5.09. The number of carbonyl (C=O) groups is 1. The SMILES string of the molecule is CNC[C@H](CC1CCCCC1)NC(=O)N1CCC[C@@H]([C@](O)(CCCCOC)C2CCCCC2)C1. The molecule has 1 heterocycles. The fourth-order valence-electron chi connectivity index (χ4n) is 7.10. The van der Waals surface area contributed by atoms with E-state index in [0.717, 1.165) is 77.0 Å². The van der Waals surface area contributed by atoms with Crippen LogP contribution in [0.1, 0.15) is 103 Å². The van der Waals surface area contributed by atoms with E-state index in [4.69, 9.17) is 4.74 Å². The van der Waals surface area contributed by atoms with Crippen molar-refractivity contribution < 1.29 is 14.6 Å². The van der Waals surface area contributed by atoms with Crippen molar-refractivity contribution in [1.29, 1.82) is 0 Å². The van der Waals surface area contributed by atoms with Crippen molar-refractivity contribution >= 4 is 6.03 Å². The first-order chi connectivity index (χ1) is 16.6. The van der Waals surface area contributed by atoms with Gasteiger partial charge >= 0.3 is 6.03 Å². The predicted molar refractivity (Wildman–Crippen MR) is 139 cm³/mol. The zero-order chi connectivity index (χ0) is 24.2. The maximum atomic E-state index is 13.4. The standard InChI is InChI=1S/C28H53N3O3/c1-29-21-26(20-23-12-5-3-6-13-23)30-27(32)31-18-11-16-25(22-31)28(33,17-9-10-19-34-2)24-14-7-4-8-15-24/h23-26,29,33H,3-22H2,1-2H3,(H,30,32)/t25-,26+,28+/m1/s1. The number of methoxy groups -OCH3 is 1. The van der Waals surface area contributed by atoms with E-state index in [2.05, 4.69) is 10.6 Å². The lowest BCUT2D eigenvalue weighted by molar-refractivity contribution is -0.104. The van der Waals surface area contributed by atoms with Crippen LogP contribution in [0.4, 0.5) is 4.79 Å². The second-order valence-electron chi connectivity index (χ2n) is 11.5. The highest BCUT2D eigenvalue weighted by molar-refractivity contribution is 5.74. The average molecular weight is 480 g/mol. The van der Waals surface area contributed by atoms with Gasteiger partial charge in [0.2, 0.25) is 0 Å². The topological polar surface area (TPSA) is 73.8 Å². The lowest BCUT2D eigenvalue weighted by atomic mass is 9.66. The molecule has 0 unspecified atom stereocenters. The van der Waals surface area contributed by atoms with Gasteiger partial charge in [-0.25, -0.2) is 4.79 Å². The molecule has 1 aliphatic heterocycles. The molecular formula is C28H53N3O3. The van der Waals surface area contributed by atoms with Crippen LogP contribution < -0.4 is 10.6 Å². The molecule has 0 bridgehead atoms. The maximum Gasteiger partial charge on any atom is 0.317 e. The van der Waals surface area contributed by atoms with Gasteiger partial charge in [0.1, 0.15) is 0 Å². The van der Waals surface area contributed by atoms with Crippen molar-refractivity contribution in [3.05, 3.63) is 0 Å². The Morgan fingerprint density at radius 2 is 1.68 bits per heavy atom. The van der Waals surface area contributed by atoms with E-state index in [0.29, 0.717) is 12.5 Å². The van der Waals surface area contributed by atoms with Crippen LogP contribution in [-0.4, -0.2) is 68.1 Å². The van der Waals surface area contributed by atoms with E-state index in [1.165, 1.54) is 51.4 Å². The highest BCUT2D eigenvalue weighted by atomic mass is 16.5. The number of carbonyl (C=O) groups excluding carboxylic acids is 1. The number of hydrogen-bond acceptors (Lipinski definition) is 4. The minimum Gasteiger partial charge on any atom is -0.389 e. The Bertz CT molecular complexity index is 577. The lowest BCUT2D eigenvalue weighted by Gasteiger charge is -2.48. The maximum absolute atomic E-state index is 13.4. The summed E-state index contributed by atoms with van der Waals surface area (Å²) in [5, 5.41) is 18.8. The first-order valence-electron chi connectivity index (χ1n) is 14.5. The van der Waals surface area contributed by atoms with Gasteiger partial charge in [-0.1, -0.05) is 51.4 Å². The average Bonchev–Trinajstić information content (AvgIpc) is 2.88. The van der Waals surface area contributed by atoms with Crippen LogP contribution in [0.15, 0.2) is 0 Å². The smallest absolute Gasteiger partial charge is 0.317 e. The zero-order valence-corrected chi connectivity index (χ0v) is 22.2. The molecule has 2 aliphatic carbocycles. The zero-order valence-electron chi connectivity index (χ0n) is 22.2. The first kappa shape index (κ1) is 27.7. The Hall–Kier alpha value is -0.850. The molecule has 2 saturated carbocycles. The van der Waals surface area contributed by atoms with E-state index in [-0.39, 0.29) is 18.0 Å². The number of amides is 2. The largest absolute Gasteiger partial charge is 0.389 e. The summed E-state index contributed by atoms with van der Waals surface area (Å²) >= 11 is 0. The number of likely N-dealkylation sites (tertiary alicyclic amines) is 1.